The van der Waals surface area contributed by atoms with Crippen molar-refractivity contribution in [2.75, 3.05) is 12.3 Å². The molecule has 0 saturated carbocycles. The second-order valence-electron chi connectivity index (χ2n) is 3.88. The highest BCUT2D eigenvalue weighted by Crippen LogP contribution is 2.15. The number of sulfonamides is 1. The summed E-state index contributed by atoms with van der Waals surface area (Å²) in [6.07, 6.45) is 0. The Balaban J connectivity index is 2.73. The minimum atomic E-state index is -3.67. The number of urea groups is 1. The lowest BCUT2D eigenvalue weighted by Gasteiger charge is -2.15. The lowest BCUT2D eigenvalue weighted by Crippen LogP contribution is -2.41. The molecule has 0 spiro atoms. The predicted octanol–water partition coefficient (Wildman–Crippen LogP) is -1.39. The van der Waals surface area contributed by atoms with Gasteiger partial charge in [-0.2, -0.15) is 0 Å². The highest BCUT2D eigenvalue weighted by molar-refractivity contribution is 7.89. The molecular weight excluding hydrogens is 222 g/mol. The molecule has 15 heavy (non-hydrogen) atoms. The topological polar surface area (TPSA) is 110 Å². The molecule has 0 aliphatic carbocycles. The van der Waals surface area contributed by atoms with E-state index in [4.69, 9.17) is 5.14 Å². The van der Waals surface area contributed by atoms with E-state index in [1.807, 2.05) is 0 Å². The molecular formula is C7H13N3O4S. The van der Waals surface area contributed by atoms with Crippen molar-refractivity contribution in [1.29, 1.82) is 0 Å². The number of hydrogen-bond acceptors (Lipinski definition) is 4. The number of carbonyl (C=O) groups is 2. The molecule has 1 aliphatic heterocycles. The molecule has 1 rings (SSSR count). The Morgan fingerprint density at radius 2 is 1.93 bits per heavy atom. The summed E-state index contributed by atoms with van der Waals surface area (Å²) in [6, 6.07) is -0.589. The molecule has 8 heteroatoms. The maximum absolute atomic E-state index is 11.6. The van der Waals surface area contributed by atoms with Crippen LogP contribution in [0.25, 0.3) is 0 Å². The normalized spacial score (nSPS) is 20.6. The van der Waals surface area contributed by atoms with Crippen LogP contribution < -0.4 is 10.5 Å². The monoisotopic (exact) mass is 235 g/mol. The van der Waals surface area contributed by atoms with Crippen molar-refractivity contribution in [3.63, 3.8) is 0 Å². The summed E-state index contributed by atoms with van der Waals surface area (Å²) < 4.78 is 21.3. The van der Waals surface area contributed by atoms with Crippen molar-refractivity contribution in [3.8, 4) is 0 Å². The maximum atomic E-state index is 11.6. The molecule has 3 amide bonds. The molecule has 3 N–H and O–H groups in total. The Kier molecular flexibility index (Phi) is 2.75. The van der Waals surface area contributed by atoms with Gasteiger partial charge in [0, 0.05) is 6.54 Å². The summed E-state index contributed by atoms with van der Waals surface area (Å²) in [5, 5.41) is 7.21. The number of carbonyl (C=O) groups excluding carboxylic acids is 2. The first-order chi connectivity index (χ1) is 6.63. The fourth-order valence-corrected chi connectivity index (χ4v) is 1.68. The molecule has 0 aromatic rings. The standard InChI is InChI=1S/C7H13N3O4S/c1-7(2)5(11)10(6(12)9-7)3-4-15(8,13)14/h3-4H2,1-2H3,(H,9,12)(H2,8,13,14). The van der Waals surface area contributed by atoms with Crippen molar-refractivity contribution in [3.05, 3.63) is 0 Å². The number of nitrogens with zero attached hydrogens (tertiary/aromatic N) is 1. The maximum Gasteiger partial charge on any atom is 0.325 e. The van der Waals surface area contributed by atoms with Gasteiger partial charge >= 0.3 is 6.03 Å². The van der Waals surface area contributed by atoms with E-state index in [0.29, 0.717) is 0 Å². The zero-order valence-corrected chi connectivity index (χ0v) is 9.30. The Hall–Kier alpha value is -1.15. The third-order valence-corrected chi connectivity index (χ3v) is 2.80. The lowest BCUT2D eigenvalue weighted by molar-refractivity contribution is -0.130. The molecule has 0 unspecified atom stereocenters. The molecule has 86 valence electrons. The van der Waals surface area contributed by atoms with E-state index < -0.39 is 33.3 Å². The second kappa shape index (κ2) is 3.46. The molecule has 0 bridgehead atoms. The summed E-state index contributed by atoms with van der Waals surface area (Å²) in [4.78, 5) is 23.7. The second-order valence-corrected chi connectivity index (χ2v) is 5.61. The quantitative estimate of drug-likeness (QED) is 0.586. The van der Waals surface area contributed by atoms with Gasteiger partial charge in [0.2, 0.25) is 10.0 Å². The van der Waals surface area contributed by atoms with E-state index in [2.05, 4.69) is 5.32 Å². The number of amides is 3. The van der Waals surface area contributed by atoms with E-state index in [-0.39, 0.29) is 6.54 Å². The van der Waals surface area contributed by atoms with E-state index in [0.717, 1.165) is 4.90 Å². The van der Waals surface area contributed by atoms with Gasteiger partial charge in [-0.1, -0.05) is 0 Å². The number of rotatable bonds is 3. The summed E-state index contributed by atoms with van der Waals surface area (Å²) >= 11 is 0. The number of primary sulfonamides is 1. The zero-order chi connectivity index (χ0) is 11.9. The van der Waals surface area contributed by atoms with E-state index in [9.17, 15) is 18.0 Å². The largest absolute Gasteiger partial charge is 0.325 e. The first-order valence-electron chi connectivity index (χ1n) is 4.28. The first kappa shape index (κ1) is 11.9. The van der Waals surface area contributed by atoms with Crippen LogP contribution in [0.5, 0.6) is 0 Å². The predicted molar refractivity (Wildman–Crippen MR) is 52.3 cm³/mol. The SMILES string of the molecule is CC1(C)NC(=O)N(CCS(N)(=O)=O)C1=O. The Morgan fingerprint density at radius 1 is 1.40 bits per heavy atom. The van der Waals surface area contributed by atoms with Crippen LogP contribution in [-0.4, -0.2) is 43.1 Å². The average molecular weight is 235 g/mol. The summed E-state index contributed by atoms with van der Waals surface area (Å²) in [5.41, 5.74) is -0.977. The van der Waals surface area contributed by atoms with Gasteiger partial charge in [0.25, 0.3) is 5.91 Å². The Morgan fingerprint density at radius 3 is 2.27 bits per heavy atom. The molecule has 1 fully saturated rings. The van der Waals surface area contributed by atoms with E-state index >= 15 is 0 Å². The van der Waals surface area contributed by atoms with Crippen LogP contribution in [0.1, 0.15) is 13.8 Å². The van der Waals surface area contributed by atoms with Crippen LogP contribution in [0.2, 0.25) is 0 Å². The lowest BCUT2D eigenvalue weighted by atomic mass is 10.1. The van der Waals surface area contributed by atoms with Crippen molar-refractivity contribution in [2.24, 2.45) is 5.14 Å². The van der Waals surface area contributed by atoms with Gasteiger partial charge in [-0.05, 0) is 13.8 Å². The number of nitrogens with one attached hydrogen (secondary N) is 1. The fraction of sp³-hybridized carbons (Fsp3) is 0.714. The molecule has 1 aliphatic rings. The van der Waals surface area contributed by atoms with Crippen LogP contribution in [0.15, 0.2) is 0 Å². The van der Waals surface area contributed by atoms with Gasteiger partial charge in [-0.3, -0.25) is 9.69 Å². The number of imide groups is 1. The molecule has 0 atom stereocenters. The molecule has 0 aromatic carbocycles. The highest BCUT2D eigenvalue weighted by atomic mass is 32.2. The third kappa shape index (κ3) is 2.66. The van der Waals surface area contributed by atoms with Crippen molar-refractivity contribution < 1.29 is 18.0 Å². The minimum absolute atomic E-state index is 0.215. The van der Waals surface area contributed by atoms with Crippen LogP contribution in [-0.2, 0) is 14.8 Å². The van der Waals surface area contributed by atoms with Crippen molar-refractivity contribution in [2.45, 2.75) is 19.4 Å². The van der Waals surface area contributed by atoms with Crippen molar-refractivity contribution in [1.82, 2.24) is 10.2 Å². The summed E-state index contributed by atoms with van der Waals surface area (Å²) in [5.74, 6) is -0.876. The van der Waals surface area contributed by atoms with E-state index in [1.165, 1.54) is 0 Å². The number of nitrogens with two attached hydrogens (primary N) is 1. The van der Waals surface area contributed by atoms with Crippen LogP contribution >= 0.6 is 0 Å². The fourth-order valence-electron chi connectivity index (χ4n) is 1.24. The molecule has 0 aromatic heterocycles. The number of hydrogen-bond donors (Lipinski definition) is 2. The minimum Gasteiger partial charge on any atom is -0.324 e. The third-order valence-electron chi connectivity index (χ3n) is 2.04. The van der Waals surface area contributed by atoms with Gasteiger partial charge in [-0.25, -0.2) is 18.4 Å². The smallest absolute Gasteiger partial charge is 0.324 e. The molecule has 1 heterocycles. The van der Waals surface area contributed by atoms with Crippen LogP contribution in [0, 0.1) is 0 Å². The van der Waals surface area contributed by atoms with Crippen molar-refractivity contribution >= 4 is 22.0 Å². The van der Waals surface area contributed by atoms with E-state index in [1.54, 1.807) is 13.8 Å². The average Bonchev–Trinajstić information content (AvgIpc) is 2.18. The van der Waals surface area contributed by atoms with Gasteiger partial charge < -0.3 is 5.32 Å². The summed E-state index contributed by atoms with van der Waals surface area (Å²) in [7, 11) is -3.67. The van der Waals surface area contributed by atoms with Gasteiger partial charge in [0.15, 0.2) is 0 Å². The van der Waals surface area contributed by atoms with Gasteiger partial charge in [0.05, 0.1) is 5.75 Å². The van der Waals surface area contributed by atoms with Crippen LogP contribution in [0.3, 0.4) is 0 Å². The van der Waals surface area contributed by atoms with Gasteiger partial charge in [0.1, 0.15) is 5.54 Å². The Labute approximate surface area is 87.7 Å². The molecule has 1 saturated heterocycles. The molecule has 0 radical (unpaired) electrons. The molecule has 7 nitrogen and oxygen atoms in total. The Bertz CT molecular complexity index is 400. The summed E-state index contributed by atoms with van der Waals surface area (Å²) in [6.45, 7) is 2.88. The van der Waals surface area contributed by atoms with Crippen LogP contribution in [0.4, 0.5) is 4.79 Å². The van der Waals surface area contributed by atoms with Gasteiger partial charge in [-0.15, -0.1) is 0 Å². The zero-order valence-electron chi connectivity index (χ0n) is 8.48. The highest BCUT2D eigenvalue weighted by Gasteiger charge is 2.44. The first-order valence-corrected chi connectivity index (χ1v) is 5.99.